The molecule has 1 amide bonds. The summed E-state index contributed by atoms with van der Waals surface area (Å²) in [5.74, 6) is -3.98. The number of amides is 1. The molecule has 2 aromatic carbocycles. The number of carbonyl (C=O) groups excluding carboxylic acids is 2. The zero-order valence-electron chi connectivity index (χ0n) is 22.3. The van der Waals surface area contributed by atoms with Crippen molar-refractivity contribution in [2.75, 3.05) is 19.0 Å². The number of nitrogens with zero attached hydrogens (tertiary/aromatic N) is 1. The van der Waals surface area contributed by atoms with Gasteiger partial charge in [0.2, 0.25) is 0 Å². The molecule has 3 aromatic rings. The summed E-state index contributed by atoms with van der Waals surface area (Å²) in [6, 6.07) is 6.73. The van der Waals surface area contributed by atoms with Crippen LogP contribution < -0.4 is 5.32 Å². The van der Waals surface area contributed by atoms with Crippen molar-refractivity contribution in [1.82, 2.24) is 4.98 Å². The lowest BCUT2D eigenvalue weighted by molar-refractivity contribution is -0.138. The molecule has 208 valence electrons. The molecule has 0 radical (unpaired) electrons. The molecule has 1 atom stereocenters. The number of unbranched alkanes of at least 4 members (excludes halogenated alkanes) is 2. The molecule has 3 rings (SSSR count). The fourth-order valence-electron chi connectivity index (χ4n) is 3.97. The summed E-state index contributed by atoms with van der Waals surface area (Å²) in [7, 11) is 1.55. The van der Waals surface area contributed by atoms with E-state index in [0.717, 1.165) is 48.8 Å². The first-order valence-electron chi connectivity index (χ1n) is 12.6. The van der Waals surface area contributed by atoms with Gasteiger partial charge in [-0.2, -0.15) is 0 Å². The first-order valence-corrected chi connectivity index (χ1v) is 13.5. The highest BCUT2D eigenvalue weighted by atomic mass is 32.1. The summed E-state index contributed by atoms with van der Waals surface area (Å²) in [5, 5.41) is 4.22. The van der Waals surface area contributed by atoms with E-state index in [0.29, 0.717) is 17.7 Å². The predicted octanol–water partition coefficient (Wildman–Crippen LogP) is 7.71. The van der Waals surface area contributed by atoms with Gasteiger partial charge in [-0.15, -0.1) is 11.3 Å². The van der Waals surface area contributed by atoms with E-state index >= 15 is 4.39 Å². The number of methoxy groups -OCH3 is 1. The van der Waals surface area contributed by atoms with Gasteiger partial charge in [0.25, 0.3) is 5.91 Å². The lowest BCUT2D eigenvalue weighted by atomic mass is 9.99. The second kappa shape index (κ2) is 14.0. The fraction of sp³-hybridized carbons (Fsp3) is 0.345. The van der Waals surface area contributed by atoms with Gasteiger partial charge in [-0.05, 0) is 44.5 Å². The maximum absolute atomic E-state index is 15.4. The monoisotopic (exact) mass is 560 g/mol. The number of carbonyl (C=O) groups is 2. The lowest BCUT2D eigenvalue weighted by Gasteiger charge is -2.17. The van der Waals surface area contributed by atoms with E-state index in [9.17, 15) is 18.4 Å². The van der Waals surface area contributed by atoms with E-state index in [2.05, 4.69) is 17.2 Å². The van der Waals surface area contributed by atoms with E-state index in [1.54, 1.807) is 37.6 Å². The van der Waals surface area contributed by atoms with Crippen molar-refractivity contribution >= 4 is 34.4 Å². The molecule has 1 N–H and O–H groups in total. The molecule has 0 fully saturated rings. The van der Waals surface area contributed by atoms with Crippen molar-refractivity contribution in [2.24, 2.45) is 0 Å². The van der Waals surface area contributed by atoms with Gasteiger partial charge in [-0.25, -0.2) is 22.9 Å². The molecule has 0 bridgehead atoms. The standard InChI is InChI=1S/C29H31F3N2O4S/c1-5-7-8-12-25(37-4)20-11-9-10-19(26(20)32)24-16-39-29(33-24)34-27(35)18-14-22(30)21(23(31)15-18)13-17(3)28(36)38-6-2/h9-11,13-16,25H,5-8,12H2,1-4H3,(H,33,34,35)/b17-13+. The predicted molar refractivity (Wildman–Crippen MR) is 146 cm³/mol. The SMILES string of the molecule is CCCCCC(OC)c1cccc(-c2csc(NC(=O)c3cc(F)c(/C=C(\C)C(=O)OCC)c(F)c3)n2)c1F. The Labute approximate surface area is 229 Å². The number of hydrogen-bond acceptors (Lipinski definition) is 6. The number of halogens is 3. The highest BCUT2D eigenvalue weighted by molar-refractivity contribution is 7.14. The Kier molecular flexibility index (Phi) is 10.8. The van der Waals surface area contributed by atoms with Crippen LogP contribution in [0.5, 0.6) is 0 Å². The zero-order valence-corrected chi connectivity index (χ0v) is 23.1. The molecular formula is C29H31F3N2O4S. The maximum Gasteiger partial charge on any atom is 0.333 e. The van der Waals surface area contributed by atoms with Crippen LogP contribution in [0.3, 0.4) is 0 Å². The molecule has 1 unspecified atom stereocenters. The topological polar surface area (TPSA) is 77.5 Å². The van der Waals surface area contributed by atoms with Gasteiger partial charge in [0.1, 0.15) is 17.5 Å². The van der Waals surface area contributed by atoms with E-state index in [1.807, 2.05) is 0 Å². The quantitative estimate of drug-likeness (QED) is 0.139. The van der Waals surface area contributed by atoms with Gasteiger partial charge < -0.3 is 9.47 Å². The summed E-state index contributed by atoms with van der Waals surface area (Å²) in [6.45, 7) is 5.21. The van der Waals surface area contributed by atoms with Crippen LogP contribution in [0, 0.1) is 17.5 Å². The molecule has 0 saturated carbocycles. The summed E-state index contributed by atoms with van der Waals surface area (Å²) >= 11 is 1.05. The van der Waals surface area contributed by atoms with Crippen LogP contribution in [0.1, 0.15) is 74.0 Å². The highest BCUT2D eigenvalue weighted by Gasteiger charge is 2.21. The number of thiazole rings is 1. The minimum absolute atomic E-state index is 0.0104. The average Bonchev–Trinajstić information content (AvgIpc) is 3.37. The highest BCUT2D eigenvalue weighted by Crippen LogP contribution is 2.33. The number of benzene rings is 2. The van der Waals surface area contributed by atoms with E-state index in [-0.39, 0.29) is 28.4 Å². The van der Waals surface area contributed by atoms with Gasteiger partial charge in [0, 0.05) is 40.3 Å². The second-order valence-electron chi connectivity index (χ2n) is 8.82. The summed E-state index contributed by atoms with van der Waals surface area (Å²) in [6.07, 6.45) is 4.30. The number of hydrogen-bond donors (Lipinski definition) is 1. The van der Waals surface area contributed by atoms with E-state index < -0.39 is 41.0 Å². The van der Waals surface area contributed by atoms with Gasteiger partial charge in [-0.3, -0.25) is 10.1 Å². The average molecular weight is 561 g/mol. The Morgan fingerprint density at radius 2 is 1.85 bits per heavy atom. The molecular weight excluding hydrogens is 529 g/mol. The lowest BCUT2D eigenvalue weighted by Crippen LogP contribution is -2.13. The Morgan fingerprint density at radius 3 is 2.49 bits per heavy atom. The molecule has 0 aliphatic carbocycles. The third-order valence-corrected chi connectivity index (χ3v) is 6.79. The number of aromatic nitrogens is 1. The molecule has 1 heterocycles. The molecule has 6 nitrogen and oxygen atoms in total. The fourth-order valence-corrected chi connectivity index (χ4v) is 4.68. The minimum atomic E-state index is -1.02. The third-order valence-electron chi connectivity index (χ3n) is 6.03. The van der Waals surface area contributed by atoms with Gasteiger partial charge in [0.15, 0.2) is 5.13 Å². The smallest absolute Gasteiger partial charge is 0.333 e. The molecule has 1 aromatic heterocycles. The number of nitrogens with one attached hydrogen (secondary N) is 1. The van der Waals surface area contributed by atoms with Crippen LogP contribution in [0.25, 0.3) is 17.3 Å². The van der Waals surface area contributed by atoms with Gasteiger partial charge >= 0.3 is 5.97 Å². The maximum atomic E-state index is 15.4. The number of ether oxygens (including phenoxy) is 2. The molecule has 0 aliphatic rings. The molecule has 39 heavy (non-hydrogen) atoms. The van der Waals surface area contributed by atoms with Crippen LogP contribution in [0.15, 0.2) is 41.3 Å². The zero-order chi connectivity index (χ0) is 28.5. The number of rotatable bonds is 12. The Balaban J connectivity index is 1.78. The van der Waals surface area contributed by atoms with Crippen molar-refractivity contribution < 1.29 is 32.2 Å². The van der Waals surface area contributed by atoms with Crippen LogP contribution in [0.4, 0.5) is 18.3 Å². The third kappa shape index (κ3) is 7.54. The van der Waals surface area contributed by atoms with Crippen LogP contribution in [0.2, 0.25) is 0 Å². The largest absolute Gasteiger partial charge is 0.463 e. The minimum Gasteiger partial charge on any atom is -0.463 e. The van der Waals surface area contributed by atoms with Crippen molar-refractivity contribution in [3.63, 3.8) is 0 Å². The molecule has 0 spiro atoms. The van der Waals surface area contributed by atoms with Gasteiger partial charge in [-0.1, -0.05) is 38.3 Å². The van der Waals surface area contributed by atoms with Crippen molar-refractivity contribution in [3.8, 4) is 11.3 Å². The normalized spacial score (nSPS) is 12.3. The van der Waals surface area contributed by atoms with E-state index in [1.165, 1.54) is 6.92 Å². The van der Waals surface area contributed by atoms with Crippen LogP contribution >= 0.6 is 11.3 Å². The Morgan fingerprint density at radius 1 is 1.13 bits per heavy atom. The van der Waals surface area contributed by atoms with Crippen LogP contribution in [-0.4, -0.2) is 30.6 Å². The summed E-state index contributed by atoms with van der Waals surface area (Å²) in [5.41, 5.74) is 0.264. The molecule has 10 heteroatoms. The molecule has 0 aliphatic heterocycles. The first-order chi connectivity index (χ1) is 18.7. The summed E-state index contributed by atoms with van der Waals surface area (Å²) in [4.78, 5) is 28.8. The van der Waals surface area contributed by atoms with E-state index in [4.69, 9.17) is 9.47 Å². The van der Waals surface area contributed by atoms with Crippen molar-refractivity contribution in [2.45, 2.75) is 52.6 Å². The van der Waals surface area contributed by atoms with Crippen molar-refractivity contribution in [3.05, 3.63) is 75.4 Å². The first kappa shape index (κ1) is 30.0. The van der Waals surface area contributed by atoms with Gasteiger partial charge in [0.05, 0.1) is 18.4 Å². The Bertz CT molecular complexity index is 1330. The molecule has 0 saturated heterocycles. The summed E-state index contributed by atoms with van der Waals surface area (Å²) < 4.78 is 55.1. The van der Waals surface area contributed by atoms with Crippen molar-refractivity contribution in [1.29, 1.82) is 0 Å². The second-order valence-corrected chi connectivity index (χ2v) is 9.68. The number of esters is 1. The van der Waals surface area contributed by atoms with Crippen LogP contribution in [-0.2, 0) is 14.3 Å². The number of anilines is 1. The Hall–Kier alpha value is -3.50.